The largest absolute Gasteiger partial charge is 0.314 e. The molecule has 1 rings (SSSR count). The fourth-order valence-electron chi connectivity index (χ4n) is 2.14. The van der Waals surface area contributed by atoms with E-state index in [9.17, 15) is 0 Å². The van der Waals surface area contributed by atoms with Gasteiger partial charge in [0.2, 0.25) is 0 Å². The minimum Gasteiger partial charge on any atom is -0.314 e. The summed E-state index contributed by atoms with van der Waals surface area (Å²) in [4.78, 5) is 0. The van der Waals surface area contributed by atoms with Gasteiger partial charge in [0.1, 0.15) is 0 Å². The average molecular weight is 179 g/mol. The molecule has 1 aliphatic carbocycles. The smallest absolute Gasteiger partial charge is 0.00981 e. The monoisotopic (exact) mass is 179 g/mol. The molecule has 1 saturated carbocycles. The maximum absolute atomic E-state index is 5.19. The molecule has 0 heterocycles. The Morgan fingerprint density at radius 2 is 2.15 bits per heavy atom. The molecule has 0 aromatic carbocycles. The van der Waals surface area contributed by atoms with E-state index in [1.807, 2.05) is 0 Å². The van der Waals surface area contributed by atoms with Crippen molar-refractivity contribution in [1.82, 2.24) is 5.32 Å². The van der Waals surface area contributed by atoms with E-state index >= 15 is 0 Å². The summed E-state index contributed by atoms with van der Waals surface area (Å²) >= 11 is 0. The van der Waals surface area contributed by atoms with Crippen molar-refractivity contribution in [2.24, 2.45) is 5.92 Å². The predicted molar refractivity (Wildman–Crippen MR) is 57.5 cm³/mol. The van der Waals surface area contributed by atoms with Gasteiger partial charge in [0, 0.05) is 12.5 Å². The van der Waals surface area contributed by atoms with E-state index < -0.39 is 0 Å². The van der Waals surface area contributed by atoms with E-state index in [1.54, 1.807) is 0 Å². The zero-order valence-electron chi connectivity index (χ0n) is 8.68. The standard InChI is InChI=1S/C12H21N/c1-3-4-7-10-13-11(2)12-8-5-6-9-12/h1,11-13H,4-10H2,2H3. The van der Waals surface area contributed by atoms with Gasteiger partial charge >= 0.3 is 0 Å². The van der Waals surface area contributed by atoms with Gasteiger partial charge in [0.05, 0.1) is 0 Å². The molecule has 13 heavy (non-hydrogen) atoms. The van der Waals surface area contributed by atoms with Gasteiger partial charge in [-0.15, -0.1) is 12.3 Å². The van der Waals surface area contributed by atoms with Crippen LogP contribution < -0.4 is 5.32 Å². The summed E-state index contributed by atoms with van der Waals surface area (Å²) in [6.07, 6.45) is 12.9. The number of hydrogen-bond acceptors (Lipinski definition) is 1. The summed E-state index contributed by atoms with van der Waals surface area (Å²) in [6, 6.07) is 0.695. The molecule has 1 atom stereocenters. The number of unbranched alkanes of at least 4 members (excludes halogenated alkanes) is 1. The van der Waals surface area contributed by atoms with Gasteiger partial charge in [-0.25, -0.2) is 0 Å². The van der Waals surface area contributed by atoms with Gasteiger partial charge in [0.15, 0.2) is 0 Å². The lowest BCUT2D eigenvalue weighted by Gasteiger charge is -2.19. The van der Waals surface area contributed by atoms with Crippen LogP contribution in [0.5, 0.6) is 0 Å². The highest BCUT2D eigenvalue weighted by Gasteiger charge is 2.20. The fraction of sp³-hybridized carbons (Fsp3) is 0.833. The lowest BCUT2D eigenvalue weighted by Crippen LogP contribution is -2.32. The van der Waals surface area contributed by atoms with Crippen molar-refractivity contribution in [2.45, 2.75) is 51.5 Å². The molecule has 1 fully saturated rings. The van der Waals surface area contributed by atoms with Gasteiger partial charge in [-0.2, -0.15) is 0 Å². The molecule has 1 heteroatoms. The Morgan fingerprint density at radius 3 is 2.77 bits per heavy atom. The maximum Gasteiger partial charge on any atom is 0.00981 e. The molecule has 0 bridgehead atoms. The van der Waals surface area contributed by atoms with Crippen LogP contribution in [0.2, 0.25) is 0 Å². The van der Waals surface area contributed by atoms with Gasteiger partial charge in [0.25, 0.3) is 0 Å². The van der Waals surface area contributed by atoms with Crippen LogP contribution in [0.4, 0.5) is 0 Å². The molecule has 1 nitrogen and oxygen atoms in total. The molecule has 0 amide bonds. The third-order valence-corrected chi connectivity index (χ3v) is 3.07. The third-order valence-electron chi connectivity index (χ3n) is 3.07. The Kier molecular flexibility index (Phi) is 4.93. The summed E-state index contributed by atoms with van der Waals surface area (Å²) < 4.78 is 0. The molecule has 74 valence electrons. The van der Waals surface area contributed by atoms with Crippen LogP contribution in [0.1, 0.15) is 45.4 Å². The van der Waals surface area contributed by atoms with Crippen LogP contribution in [-0.2, 0) is 0 Å². The zero-order chi connectivity index (χ0) is 9.52. The van der Waals surface area contributed by atoms with Crippen LogP contribution in [0, 0.1) is 18.3 Å². The van der Waals surface area contributed by atoms with Crippen molar-refractivity contribution in [3.05, 3.63) is 0 Å². The Hall–Kier alpha value is -0.480. The molecule has 0 aromatic heterocycles. The first-order valence-electron chi connectivity index (χ1n) is 5.51. The fourth-order valence-corrected chi connectivity index (χ4v) is 2.14. The van der Waals surface area contributed by atoms with Crippen LogP contribution >= 0.6 is 0 Å². The van der Waals surface area contributed by atoms with Crippen LogP contribution in [0.3, 0.4) is 0 Å². The second-order valence-corrected chi connectivity index (χ2v) is 4.10. The van der Waals surface area contributed by atoms with Crippen LogP contribution in [0.15, 0.2) is 0 Å². The molecule has 0 aromatic rings. The molecule has 0 spiro atoms. The minimum atomic E-state index is 0.695. The molecule has 0 aliphatic heterocycles. The normalized spacial score (nSPS) is 20.0. The SMILES string of the molecule is C#CCCCNC(C)C1CCCC1. The van der Waals surface area contributed by atoms with Crippen molar-refractivity contribution in [3.63, 3.8) is 0 Å². The topological polar surface area (TPSA) is 12.0 Å². The third kappa shape index (κ3) is 3.83. The molecule has 0 radical (unpaired) electrons. The van der Waals surface area contributed by atoms with Crippen molar-refractivity contribution in [3.8, 4) is 12.3 Å². The Labute approximate surface area is 82.3 Å². The van der Waals surface area contributed by atoms with E-state index in [0.717, 1.165) is 25.3 Å². The Bertz CT molecular complexity index is 162. The number of rotatable bonds is 5. The van der Waals surface area contributed by atoms with Crippen molar-refractivity contribution >= 4 is 0 Å². The van der Waals surface area contributed by atoms with Crippen LogP contribution in [-0.4, -0.2) is 12.6 Å². The lowest BCUT2D eigenvalue weighted by molar-refractivity contribution is 0.381. The lowest BCUT2D eigenvalue weighted by atomic mass is 10.00. The Balaban J connectivity index is 2.03. The van der Waals surface area contributed by atoms with Crippen molar-refractivity contribution in [1.29, 1.82) is 0 Å². The zero-order valence-corrected chi connectivity index (χ0v) is 8.68. The summed E-state index contributed by atoms with van der Waals surface area (Å²) in [5.74, 6) is 3.59. The summed E-state index contributed by atoms with van der Waals surface area (Å²) in [5.41, 5.74) is 0. The second kappa shape index (κ2) is 6.05. The average Bonchev–Trinajstić information content (AvgIpc) is 2.65. The number of hydrogen-bond donors (Lipinski definition) is 1. The summed E-state index contributed by atoms with van der Waals surface area (Å²) in [6.45, 7) is 3.40. The second-order valence-electron chi connectivity index (χ2n) is 4.10. The first-order valence-corrected chi connectivity index (χ1v) is 5.51. The molecular weight excluding hydrogens is 158 g/mol. The highest BCUT2D eigenvalue weighted by molar-refractivity contribution is 4.84. The predicted octanol–water partition coefficient (Wildman–Crippen LogP) is 2.57. The minimum absolute atomic E-state index is 0.695. The van der Waals surface area contributed by atoms with E-state index in [4.69, 9.17) is 6.42 Å². The highest BCUT2D eigenvalue weighted by atomic mass is 14.9. The summed E-state index contributed by atoms with van der Waals surface area (Å²) in [7, 11) is 0. The van der Waals surface area contributed by atoms with E-state index in [2.05, 4.69) is 18.2 Å². The Morgan fingerprint density at radius 1 is 1.46 bits per heavy atom. The van der Waals surface area contributed by atoms with E-state index in [1.165, 1.54) is 25.7 Å². The van der Waals surface area contributed by atoms with Crippen molar-refractivity contribution < 1.29 is 0 Å². The highest BCUT2D eigenvalue weighted by Crippen LogP contribution is 2.27. The first kappa shape index (κ1) is 10.6. The van der Waals surface area contributed by atoms with Gasteiger partial charge in [-0.05, 0) is 38.6 Å². The first-order chi connectivity index (χ1) is 6.34. The maximum atomic E-state index is 5.19. The molecule has 0 saturated heterocycles. The van der Waals surface area contributed by atoms with Crippen molar-refractivity contribution in [2.75, 3.05) is 6.54 Å². The van der Waals surface area contributed by atoms with Gasteiger partial charge < -0.3 is 5.32 Å². The number of nitrogens with one attached hydrogen (secondary N) is 1. The molecular formula is C12H21N. The summed E-state index contributed by atoms with van der Waals surface area (Å²) in [5, 5.41) is 3.56. The van der Waals surface area contributed by atoms with E-state index in [-0.39, 0.29) is 0 Å². The molecule has 1 N–H and O–H groups in total. The molecule has 1 aliphatic rings. The molecule has 1 unspecified atom stereocenters. The van der Waals surface area contributed by atoms with E-state index in [0.29, 0.717) is 6.04 Å². The van der Waals surface area contributed by atoms with Gasteiger partial charge in [-0.3, -0.25) is 0 Å². The van der Waals surface area contributed by atoms with Gasteiger partial charge in [-0.1, -0.05) is 12.8 Å². The number of terminal acetylenes is 1. The quantitative estimate of drug-likeness (QED) is 0.505. The van der Waals surface area contributed by atoms with Crippen LogP contribution in [0.25, 0.3) is 0 Å².